The van der Waals surface area contributed by atoms with Gasteiger partial charge in [-0.1, -0.05) is 13.8 Å². The van der Waals surface area contributed by atoms with Crippen LogP contribution >= 0.6 is 0 Å². The maximum Gasteiger partial charge on any atom is 0.0901 e. The van der Waals surface area contributed by atoms with Crippen molar-refractivity contribution < 1.29 is 0 Å². The van der Waals surface area contributed by atoms with E-state index in [9.17, 15) is 0 Å². The molecule has 0 fully saturated rings. The Balaban J connectivity index is 4.49. The van der Waals surface area contributed by atoms with Crippen molar-refractivity contribution in [3.63, 3.8) is 0 Å². The van der Waals surface area contributed by atoms with Crippen LogP contribution in [0.3, 0.4) is 0 Å². The summed E-state index contributed by atoms with van der Waals surface area (Å²) in [6.45, 7) is 4.30. The molecule has 0 aromatic heterocycles. The second-order valence-electron chi connectivity index (χ2n) is 3.65. The van der Waals surface area contributed by atoms with Crippen molar-refractivity contribution in [3.05, 3.63) is 0 Å². The highest BCUT2D eigenvalue weighted by molar-refractivity contribution is 4.68. The summed E-state index contributed by atoms with van der Waals surface area (Å²) in [6, 6.07) is 0. The number of hydrogen-bond acceptors (Lipinski definition) is 7. The second kappa shape index (κ2) is 9.72. The lowest BCUT2D eigenvalue weighted by atomic mass is 10.3. The lowest BCUT2D eigenvalue weighted by molar-refractivity contribution is -0.00452. The third kappa shape index (κ3) is 5.26. The Labute approximate surface area is 105 Å². The molecule has 0 saturated carbocycles. The molecule has 17 heavy (non-hydrogen) atoms. The molecule has 0 aromatic carbocycles. The Morgan fingerprint density at radius 1 is 0.706 bits per heavy atom. The quantitative estimate of drug-likeness (QED) is 0.256. The van der Waals surface area contributed by atoms with E-state index in [0.29, 0.717) is 0 Å². The molecule has 5 N–H and O–H groups in total. The molecule has 2 atom stereocenters. The molecule has 0 heterocycles. The minimum absolute atomic E-state index is 0.208. The van der Waals surface area contributed by atoms with Crippen LogP contribution in [0.15, 0.2) is 0 Å². The normalized spacial score (nSPS) is 15.5. The van der Waals surface area contributed by atoms with Gasteiger partial charge in [0.2, 0.25) is 0 Å². The fourth-order valence-electron chi connectivity index (χ4n) is 1.82. The standard InChI is InChI=1S/C10H29N7/c1-7-9(16(11-3)12-4)15-10(8-2)17(13-5)14-6/h9-15H,7-8H2,1-6H3. The summed E-state index contributed by atoms with van der Waals surface area (Å²) in [7, 11) is 7.59. The Bertz CT molecular complexity index is 152. The van der Waals surface area contributed by atoms with E-state index in [4.69, 9.17) is 0 Å². The Kier molecular flexibility index (Phi) is 9.56. The number of nitrogens with one attached hydrogen (secondary N) is 5. The summed E-state index contributed by atoms with van der Waals surface area (Å²) in [6.07, 6.45) is 2.39. The lowest BCUT2D eigenvalue weighted by Crippen LogP contribution is -2.64. The summed E-state index contributed by atoms with van der Waals surface area (Å²) < 4.78 is 0. The van der Waals surface area contributed by atoms with Crippen LogP contribution in [0.5, 0.6) is 0 Å². The molecule has 0 amide bonds. The highest BCUT2D eigenvalue weighted by atomic mass is 15.8. The zero-order valence-electron chi connectivity index (χ0n) is 12.0. The summed E-state index contributed by atoms with van der Waals surface area (Å²) in [5.74, 6) is 0. The van der Waals surface area contributed by atoms with Gasteiger partial charge in [-0.25, -0.2) is 21.7 Å². The fourth-order valence-corrected chi connectivity index (χ4v) is 1.82. The number of hydrogen-bond donors (Lipinski definition) is 5. The van der Waals surface area contributed by atoms with Gasteiger partial charge in [-0.15, -0.1) is 0 Å². The zero-order valence-corrected chi connectivity index (χ0v) is 12.0. The molecule has 2 unspecified atom stereocenters. The minimum atomic E-state index is 0.208. The van der Waals surface area contributed by atoms with E-state index >= 15 is 0 Å². The lowest BCUT2D eigenvalue weighted by Gasteiger charge is -2.37. The first-order valence-electron chi connectivity index (χ1n) is 6.22. The van der Waals surface area contributed by atoms with Gasteiger partial charge in [0, 0.05) is 28.2 Å². The van der Waals surface area contributed by atoms with Crippen LogP contribution in [0.25, 0.3) is 0 Å². The van der Waals surface area contributed by atoms with Gasteiger partial charge >= 0.3 is 0 Å². The first-order valence-corrected chi connectivity index (χ1v) is 6.22. The molecule has 0 aliphatic rings. The molecule has 0 bridgehead atoms. The second-order valence-corrected chi connectivity index (χ2v) is 3.65. The molecular weight excluding hydrogens is 218 g/mol. The summed E-state index contributed by atoms with van der Waals surface area (Å²) >= 11 is 0. The molecule has 0 aliphatic carbocycles. The summed E-state index contributed by atoms with van der Waals surface area (Å²) in [5, 5.41) is 7.46. The maximum absolute atomic E-state index is 3.56. The largest absolute Gasteiger partial charge is 0.282 e. The van der Waals surface area contributed by atoms with Crippen LogP contribution in [0, 0.1) is 0 Å². The smallest absolute Gasteiger partial charge is 0.0901 e. The van der Waals surface area contributed by atoms with Crippen molar-refractivity contribution >= 4 is 0 Å². The molecule has 7 heteroatoms. The van der Waals surface area contributed by atoms with Crippen molar-refractivity contribution in [1.29, 1.82) is 0 Å². The van der Waals surface area contributed by atoms with E-state index in [0.717, 1.165) is 12.8 Å². The summed E-state index contributed by atoms with van der Waals surface area (Å²) in [4.78, 5) is 0. The zero-order chi connectivity index (χ0) is 13.3. The number of hydrazine groups is 4. The van der Waals surface area contributed by atoms with Gasteiger partial charge in [0.1, 0.15) is 0 Å². The van der Waals surface area contributed by atoms with E-state index in [-0.39, 0.29) is 12.3 Å². The first kappa shape index (κ1) is 16.7. The van der Waals surface area contributed by atoms with Gasteiger partial charge in [-0.2, -0.15) is 10.2 Å². The van der Waals surface area contributed by atoms with Crippen LogP contribution in [-0.4, -0.2) is 50.8 Å². The topological polar surface area (TPSA) is 66.6 Å². The maximum atomic E-state index is 3.56. The molecule has 0 rings (SSSR count). The Morgan fingerprint density at radius 2 is 1.00 bits per heavy atom. The molecule has 104 valence electrons. The molecule has 0 radical (unpaired) electrons. The van der Waals surface area contributed by atoms with Gasteiger partial charge < -0.3 is 0 Å². The van der Waals surface area contributed by atoms with E-state index in [1.54, 1.807) is 0 Å². The van der Waals surface area contributed by atoms with Crippen molar-refractivity contribution in [2.24, 2.45) is 0 Å². The van der Waals surface area contributed by atoms with Crippen LogP contribution in [-0.2, 0) is 0 Å². The van der Waals surface area contributed by atoms with Gasteiger partial charge in [-0.05, 0) is 12.8 Å². The van der Waals surface area contributed by atoms with E-state index in [2.05, 4.69) is 40.9 Å². The number of rotatable bonds is 10. The van der Waals surface area contributed by atoms with Gasteiger partial charge in [0.25, 0.3) is 0 Å². The summed E-state index contributed by atoms with van der Waals surface area (Å²) in [5.41, 5.74) is 12.4. The molecule has 7 nitrogen and oxygen atoms in total. The third-order valence-corrected chi connectivity index (χ3v) is 2.75. The van der Waals surface area contributed by atoms with Crippen LogP contribution in [0.2, 0.25) is 0 Å². The highest BCUT2D eigenvalue weighted by Crippen LogP contribution is 2.01. The SMILES string of the molecule is CCC(NC(CC)N(NC)NC)N(NC)NC. The van der Waals surface area contributed by atoms with Crippen molar-refractivity contribution in [2.75, 3.05) is 28.2 Å². The third-order valence-electron chi connectivity index (χ3n) is 2.75. The van der Waals surface area contributed by atoms with E-state index in [1.165, 1.54) is 0 Å². The van der Waals surface area contributed by atoms with Gasteiger partial charge in [0.15, 0.2) is 0 Å². The first-order chi connectivity index (χ1) is 8.18. The van der Waals surface area contributed by atoms with Crippen LogP contribution in [0.4, 0.5) is 0 Å². The Morgan fingerprint density at radius 3 is 1.18 bits per heavy atom. The Hall–Kier alpha value is -0.280. The fraction of sp³-hybridized carbons (Fsp3) is 1.00. The highest BCUT2D eigenvalue weighted by Gasteiger charge is 2.21. The van der Waals surface area contributed by atoms with Crippen molar-refractivity contribution in [3.8, 4) is 0 Å². The molecular formula is C10H29N7. The number of nitrogens with zero attached hydrogens (tertiary/aromatic N) is 2. The van der Waals surface area contributed by atoms with Crippen molar-refractivity contribution in [1.82, 2.24) is 37.3 Å². The molecule has 0 saturated heterocycles. The van der Waals surface area contributed by atoms with E-state index in [1.807, 2.05) is 38.4 Å². The van der Waals surface area contributed by atoms with E-state index < -0.39 is 0 Å². The monoisotopic (exact) mass is 247 g/mol. The molecule has 0 spiro atoms. The van der Waals surface area contributed by atoms with Crippen molar-refractivity contribution in [2.45, 2.75) is 39.0 Å². The molecule has 0 aromatic rings. The van der Waals surface area contributed by atoms with Crippen LogP contribution in [0.1, 0.15) is 26.7 Å². The van der Waals surface area contributed by atoms with Crippen LogP contribution < -0.4 is 27.0 Å². The average Bonchev–Trinajstić information content (AvgIpc) is 2.37. The molecule has 0 aliphatic heterocycles. The van der Waals surface area contributed by atoms with Gasteiger partial charge in [-0.3, -0.25) is 5.32 Å². The average molecular weight is 247 g/mol. The predicted molar refractivity (Wildman–Crippen MR) is 71.2 cm³/mol. The van der Waals surface area contributed by atoms with Gasteiger partial charge in [0.05, 0.1) is 12.3 Å². The predicted octanol–water partition coefficient (Wildman–Crippen LogP) is -0.810. The minimum Gasteiger partial charge on any atom is -0.282 e.